The first kappa shape index (κ1) is 14.0. The van der Waals surface area contributed by atoms with Crippen LogP contribution in [0.15, 0.2) is 12.4 Å². The first-order valence-electron chi connectivity index (χ1n) is 7.10. The average Bonchev–Trinajstić information content (AvgIpc) is 2.84. The maximum atomic E-state index is 10.7. The molecule has 1 aliphatic rings. The van der Waals surface area contributed by atoms with E-state index in [-0.39, 0.29) is 5.95 Å². The highest BCUT2D eigenvalue weighted by Gasteiger charge is 2.24. The summed E-state index contributed by atoms with van der Waals surface area (Å²) in [7, 11) is 2.33. The van der Waals surface area contributed by atoms with E-state index in [0.717, 1.165) is 12.8 Å². The van der Waals surface area contributed by atoms with Crippen LogP contribution in [0.1, 0.15) is 32.1 Å². The first-order chi connectivity index (χ1) is 9.11. The predicted molar refractivity (Wildman–Crippen MR) is 72.8 cm³/mol. The Morgan fingerprint density at radius 3 is 2.79 bits per heavy atom. The summed E-state index contributed by atoms with van der Waals surface area (Å²) in [5.41, 5.74) is 0. The molecule has 6 heteroatoms. The van der Waals surface area contributed by atoms with E-state index in [1.165, 1.54) is 49.6 Å². The second kappa shape index (κ2) is 6.14. The normalized spacial score (nSPS) is 18.4. The molecule has 0 radical (unpaired) electrons. The molecule has 19 heavy (non-hydrogen) atoms. The van der Waals surface area contributed by atoms with Gasteiger partial charge in [0.25, 0.3) is 0 Å². The molecule has 2 rings (SSSR count). The summed E-state index contributed by atoms with van der Waals surface area (Å²) >= 11 is 0. The molecule has 106 valence electrons. The molecule has 1 fully saturated rings. The number of nitro groups is 1. The van der Waals surface area contributed by atoms with Gasteiger partial charge in [0.2, 0.25) is 0 Å². The molecule has 1 aromatic rings. The number of quaternary nitrogens is 1. The van der Waals surface area contributed by atoms with E-state index in [1.54, 1.807) is 10.8 Å². The van der Waals surface area contributed by atoms with Crippen molar-refractivity contribution in [2.75, 3.05) is 26.7 Å². The fourth-order valence-electron chi connectivity index (χ4n) is 2.92. The molecule has 1 aliphatic heterocycles. The number of aryl methyl sites for hydroxylation is 1. The van der Waals surface area contributed by atoms with Crippen LogP contribution in [0.4, 0.5) is 5.95 Å². The molecular formula is C13H23N4O2+. The van der Waals surface area contributed by atoms with Crippen LogP contribution in [0.3, 0.4) is 0 Å². The highest BCUT2D eigenvalue weighted by Crippen LogP contribution is 2.17. The van der Waals surface area contributed by atoms with Crippen molar-refractivity contribution in [1.82, 2.24) is 9.55 Å². The number of rotatable bonds is 6. The van der Waals surface area contributed by atoms with E-state index < -0.39 is 4.92 Å². The Morgan fingerprint density at radius 1 is 1.37 bits per heavy atom. The van der Waals surface area contributed by atoms with E-state index in [2.05, 4.69) is 12.0 Å². The van der Waals surface area contributed by atoms with Crippen LogP contribution in [0, 0.1) is 10.1 Å². The number of aromatic nitrogens is 2. The SMILES string of the molecule is C[N+]1(CCCCn2ccnc2[N+](=O)[O-])CCCCC1. The second-order valence-electron chi connectivity index (χ2n) is 5.74. The lowest BCUT2D eigenvalue weighted by Gasteiger charge is -2.37. The van der Waals surface area contributed by atoms with Crippen LogP contribution in [0.2, 0.25) is 0 Å². The lowest BCUT2D eigenvalue weighted by atomic mass is 10.1. The molecule has 2 heterocycles. The van der Waals surface area contributed by atoms with Crippen molar-refractivity contribution in [3.8, 4) is 0 Å². The summed E-state index contributed by atoms with van der Waals surface area (Å²) in [6.45, 7) is 4.44. The molecule has 0 amide bonds. The van der Waals surface area contributed by atoms with Gasteiger partial charge in [0.05, 0.1) is 33.2 Å². The minimum atomic E-state index is -0.418. The van der Waals surface area contributed by atoms with Crippen molar-refractivity contribution in [2.24, 2.45) is 0 Å². The Labute approximate surface area is 113 Å². The quantitative estimate of drug-likeness (QED) is 0.343. The number of piperidine rings is 1. The van der Waals surface area contributed by atoms with Gasteiger partial charge in [0, 0.05) is 0 Å². The molecular weight excluding hydrogens is 244 g/mol. The van der Waals surface area contributed by atoms with Crippen molar-refractivity contribution in [1.29, 1.82) is 0 Å². The lowest BCUT2D eigenvalue weighted by molar-refractivity contribution is -0.914. The van der Waals surface area contributed by atoms with Gasteiger partial charge in [-0.05, 0) is 37.0 Å². The number of unbranched alkanes of at least 4 members (excludes halogenated alkanes) is 1. The second-order valence-corrected chi connectivity index (χ2v) is 5.74. The molecule has 0 aliphatic carbocycles. The predicted octanol–water partition coefficient (Wildman–Crippen LogP) is 2.20. The number of hydrogen-bond donors (Lipinski definition) is 0. The Balaban J connectivity index is 1.74. The molecule has 0 spiro atoms. The fraction of sp³-hybridized carbons (Fsp3) is 0.769. The van der Waals surface area contributed by atoms with Gasteiger partial charge in [-0.25, -0.2) is 4.57 Å². The summed E-state index contributed by atoms with van der Waals surface area (Å²) in [5.74, 6) is -0.0432. The van der Waals surface area contributed by atoms with Gasteiger partial charge in [-0.2, -0.15) is 0 Å². The maximum absolute atomic E-state index is 10.7. The van der Waals surface area contributed by atoms with Crippen LogP contribution in [0.25, 0.3) is 0 Å². The average molecular weight is 267 g/mol. The molecule has 0 aromatic carbocycles. The lowest BCUT2D eigenvalue weighted by Crippen LogP contribution is -2.48. The summed E-state index contributed by atoms with van der Waals surface area (Å²) in [6.07, 6.45) is 9.32. The van der Waals surface area contributed by atoms with Gasteiger partial charge in [-0.15, -0.1) is 0 Å². The van der Waals surface area contributed by atoms with E-state index in [4.69, 9.17) is 0 Å². The van der Waals surface area contributed by atoms with Gasteiger partial charge in [0.1, 0.15) is 12.4 Å². The smallest absolute Gasteiger partial charge is 0.390 e. The van der Waals surface area contributed by atoms with Gasteiger partial charge in [-0.1, -0.05) is 4.98 Å². The molecule has 0 saturated carbocycles. The molecule has 0 N–H and O–H groups in total. The highest BCUT2D eigenvalue weighted by molar-refractivity contribution is 5.06. The Bertz CT molecular complexity index is 424. The van der Waals surface area contributed by atoms with Gasteiger partial charge in [-0.3, -0.25) is 0 Å². The third-order valence-electron chi connectivity index (χ3n) is 4.10. The van der Waals surface area contributed by atoms with Crippen molar-refractivity contribution < 1.29 is 9.41 Å². The Hall–Kier alpha value is -1.43. The molecule has 6 nitrogen and oxygen atoms in total. The van der Waals surface area contributed by atoms with Crippen LogP contribution in [-0.4, -0.2) is 45.6 Å². The van der Waals surface area contributed by atoms with E-state index in [9.17, 15) is 10.1 Å². The standard InChI is InChI=1S/C13H23N4O2/c1-17(10-4-2-5-11-17)12-6-3-8-15-9-7-14-13(15)16(18)19/h7,9H,2-6,8,10-12H2,1H3/q+1. The largest absolute Gasteiger partial charge is 0.434 e. The van der Waals surface area contributed by atoms with Gasteiger partial charge in [0.15, 0.2) is 0 Å². The van der Waals surface area contributed by atoms with Gasteiger partial charge >= 0.3 is 5.95 Å². The molecule has 1 saturated heterocycles. The Kier molecular flexibility index (Phi) is 4.52. The molecule has 0 atom stereocenters. The van der Waals surface area contributed by atoms with Gasteiger partial charge < -0.3 is 14.6 Å². The van der Waals surface area contributed by atoms with Crippen molar-refractivity contribution in [3.05, 3.63) is 22.5 Å². The first-order valence-corrected chi connectivity index (χ1v) is 7.10. The van der Waals surface area contributed by atoms with Crippen LogP contribution in [-0.2, 0) is 6.54 Å². The molecule has 1 aromatic heterocycles. The minimum absolute atomic E-state index is 0.0432. The zero-order valence-electron chi connectivity index (χ0n) is 11.6. The van der Waals surface area contributed by atoms with Crippen molar-refractivity contribution in [2.45, 2.75) is 38.6 Å². The third-order valence-corrected chi connectivity index (χ3v) is 4.10. The molecule has 0 unspecified atom stereocenters. The monoisotopic (exact) mass is 267 g/mol. The summed E-state index contributed by atoms with van der Waals surface area (Å²) in [5, 5.41) is 10.7. The zero-order valence-corrected chi connectivity index (χ0v) is 11.6. The third kappa shape index (κ3) is 3.76. The van der Waals surface area contributed by atoms with Crippen LogP contribution >= 0.6 is 0 Å². The Morgan fingerprint density at radius 2 is 2.11 bits per heavy atom. The topological polar surface area (TPSA) is 61.0 Å². The zero-order chi connectivity index (χ0) is 13.7. The van der Waals surface area contributed by atoms with Crippen LogP contribution in [0.5, 0.6) is 0 Å². The van der Waals surface area contributed by atoms with Crippen molar-refractivity contribution in [3.63, 3.8) is 0 Å². The highest BCUT2D eigenvalue weighted by atomic mass is 16.6. The number of nitrogens with zero attached hydrogens (tertiary/aromatic N) is 4. The summed E-state index contributed by atoms with van der Waals surface area (Å²) < 4.78 is 2.81. The summed E-state index contributed by atoms with van der Waals surface area (Å²) in [4.78, 5) is 14.1. The van der Waals surface area contributed by atoms with Crippen molar-refractivity contribution >= 4 is 5.95 Å². The molecule has 0 bridgehead atoms. The maximum Gasteiger partial charge on any atom is 0.434 e. The van der Waals surface area contributed by atoms with E-state index >= 15 is 0 Å². The van der Waals surface area contributed by atoms with Crippen LogP contribution < -0.4 is 0 Å². The number of hydrogen-bond acceptors (Lipinski definition) is 3. The minimum Gasteiger partial charge on any atom is -0.390 e. The van der Waals surface area contributed by atoms with E-state index in [0.29, 0.717) is 6.54 Å². The van der Waals surface area contributed by atoms with E-state index in [1.807, 2.05) is 0 Å². The summed E-state index contributed by atoms with van der Waals surface area (Å²) in [6, 6.07) is 0. The fourth-order valence-corrected chi connectivity index (χ4v) is 2.92. The number of imidazole rings is 1. The number of likely N-dealkylation sites (tertiary alicyclic amines) is 1.